The maximum absolute atomic E-state index is 12.1. The van der Waals surface area contributed by atoms with E-state index in [0.29, 0.717) is 12.8 Å². The topological polar surface area (TPSA) is 83.6 Å². The van der Waals surface area contributed by atoms with Crippen LogP contribution in [0.1, 0.15) is 39.5 Å². The number of hydrogen-bond donors (Lipinski definition) is 2. The Morgan fingerprint density at radius 1 is 1.50 bits per heavy atom. The minimum Gasteiger partial charge on any atom is -0.480 e. The van der Waals surface area contributed by atoms with Gasteiger partial charge < -0.3 is 15.7 Å². The molecule has 1 atom stereocenters. The molecule has 5 heteroatoms. The van der Waals surface area contributed by atoms with Crippen LogP contribution in [0.4, 0.5) is 0 Å². The lowest BCUT2D eigenvalue weighted by atomic mass is 9.76. The van der Waals surface area contributed by atoms with Gasteiger partial charge in [0, 0.05) is 6.04 Å². The summed E-state index contributed by atoms with van der Waals surface area (Å²) in [4.78, 5) is 24.2. The summed E-state index contributed by atoms with van der Waals surface area (Å²) >= 11 is 0. The summed E-state index contributed by atoms with van der Waals surface area (Å²) in [5.74, 6) is -1.20. The molecule has 5 nitrogen and oxygen atoms in total. The molecule has 1 unspecified atom stereocenters. The second kappa shape index (κ2) is 4.82. The van der Waals surface area contributed by atoms with Gasteiger partial charge in [0.15, 0.2) is 0 Å². The lowest BCUT2D eigenvalue weighted by molar-refractivity contribution is -0.150. The quantitative estimate of drug-likeness (QED) is 0.721. The Morgan fingerprint density at radius 3 is 2.38 bits per heavy atom. The predicted molar refractivity (Wildman–Crippen MR) is 59.9 cm³/mol. The molecule has 0 saturated heterocycles. The number of hydrogen-bond acceptors (Lipinski definition) is 3. The van der Waals surface area contributed by atoms with Crippen LogP contribution in [-0.2, 0) is 9.59 Å². The Labute approximate surface area is 95.6 Å². The van der Waals surface area contributed by atoms with Gasteiger partial charge in [0.05, 0.1) is 5.54 Å². The van der Waals surface area contributed by atoms with Gasteiger partial charge >= 0.3 is 5.97 Å². The van der Waals surface area contributed by atoms with Gasteiger partial charge in [-0.15, -0.1) is 0 Å². The first-order valence-electron chi connectivity index (χ1n) is 5.72. The van der Waals surface area contributed by atoms with E-state index in [9.17, 15) is 9.59 Å². The highest BCUT2D eigenvalue weighted by Crippen LogP contribution is 2.31. The zero-order valence-corrected chi connectivity index (χ0v) is 9.90. The van der Waals surface area contributed by atoms with Crippen LogP contribution in [0.2, 0.25) is 0 Å². The highest BCUT2D eigenvalue weighted by atomic mass is 16.4. The average molecular weight is 228 g/mol. The van der Waals surface area contributed by atoms with Gasteiger partial charge in [0.2, 0.25) is 5.91 Å². The predicted octanol–water partition coefficient (Wildman–Crippen LogP) is 0.579. The van der Waals surface area contributed by atoms with E-state index in [4.69, 9.17) is 10.8 Å². The standard InChI is InChI=1S/C11H20N2O3/c1-3-8(2)13(7-9(14)15)10(16)11(12)5-4-6-11/h8H,3-7,12H2,1-2H3,(H,14,15). The molecule has 1 aliphatic carbocycles. The Kier molecular flexibility index (Phi) is 3.91. The molecule has 1 fully saturated rings. The minimum absolute atomic E-state index is 0.0791. The number of aliphatic carboxylic acids is 1. The number of carboxylic acids is 1. The van der Waals surface area contributed by atoms with Gasteiger partial charge in [-0.1, -0.05) is 6.92 Å². The molecule has 1 aliphatic rings. The fourth-order valence-corrected chi connectivity index (χ4v) is 1.85. The lowest BCUT2D eigenvalue weighted by Crippen LogP contribution is -2.61. The Morgan fingerprint density at radius 2 is 2.06 bits per heavy atom. The van der Waals surface area contributed by atoms with Gasteiger partial charge in [-0.25, -0.2) is 0 Å². The molecule has 0 spiro atoms. The first-order chi connectivity index (χ1) is 7.40. The summed E-state index contributed by atoms with van der Waals surface area (Å²) in [6, 6.07) is -0.0791. The van der Waals surface area contributed by atoms with E-state index in [1.165, 1.54) is 4.90 Å². The highest BCUT2D eigenvalue weighted by Gasteiger charge is 2.43. The molecule has 0 radical (unpaired) electrons. The van der Waals surface area contributed by atoms with Crippen LogP contribution in [-0.4, -0.2) is 40.0 Å². The fraction of sp³-hybridized carbons (Fsp3) is 0.818. The minimum atomic E-state index is -0.989. The Bertz CT molecular complexity index is 287. The maximum Gasteiger partial charge on any atom is 0.323 e. The normalized spacial score (nSPS) is 19.7. The number of amides is 1. The largest absolute Gasteiger partial charge is 0.480 e. The Balaban J connectivity index is 2.75. The van der Waals surface area contributed by atoms with Crippen molar-refractivity contribution in [3.8, 4) is 0 Å². The van der Waals surface area contributed by atoms with Crippen LogP contribution in [0, 0.1) is 0 Å². The van der Waals surface area contributed by atoms with Gasteiger partial charge in [-0.2, -0.15) is 0 Å². The van der Waals surface area contributed by atoms with Crippen molar-refractivity contribution in [2.75, 3.05) is 6.54 Å². The fourth-order valence-electron chi connectivity index (χ4n) is 1.85. The van der Waals surface area contributed by atoms with Crippen molar-refractivity contribution >= 4 is 11.9 Å². The lowest BCUT2D eigenvalue weighted by Gasteiger charge is -2.41. The van der Waals surface area contributed by atoms with Crippen LogP contribution in [0.5, 0.6) is 0 Å². The summed E-state index contributed by atoms with van der Waals surface area (Å²) in [7, 11) is 0. The number of carbonyl (C=O) groups is 2. The molecule has 3 N–H and O–H groups in total. The van der Waals surface area contributed by atoms with Crippen LogP contribution in [0.3, 0.4) is 0 Å². The summed E-state index contributed by atoms with van der Waals surface area (Å²) in [6.07, 6.45) is 3.01. The number of carboxylic acid groups (broad SMARTS) is 1. The van der Waals surface area contributed by atoms with Gasteiger partial charge in [0.25, 0.3) is 0 Å². The molecular formula is C11H20N2O3. The molecule has 1 saturated carbocycles. The van der Waals surface area contributed by atoms with Gasteiger partial charge in [-0.3, -0.25) is 9.59 Å². The molecule has 0 aromatic rings. The summed E-state index contributed by atoms with van der Waals surface area (Å²) in [5, 5.41) is 8.80. The van der Waals surface area contributed by atoms with Crippen LogP contribution in [0.25, 0.3) is 0 Å². The van der Waals surface area contributed by atoms with Crippen molar-refractivity contribution in [1.82, 2.24) is 4.90 Å². The van der Waals surface area contributed by atoms with E-state index >= 15 is 0 Å². The van der Waals surface area contributed by atoms with Crippen LogP contribution in [0.15, 0.2) is 0 Å². The molecule has 0 aliphatic heterocycles. The van der Waals surface area contributed by atoms with Crippen molar-refractivity contribution < 1.29 is 14.7 Å². The van der Waals surface area contributed by atoms with Crippen molar-refractivity contribution in [2.45, 2.75) is 51.1 Å². The maximum atomic E-state index is 12.1. The van der Waals surface area contributed by atoms with Crippen molar-refractivity contribution in [3.05, 3.63) is 0 Å². The molecule has 0 heterocycles. The first kappa shape index (κ1) is 13.0. The SMILES string of the molecule is CCC(C)N(CC(=O)O)C(=O)C1(N)CCC1. The number of nitrogens with two attached hydrogens (primary N) is 1. The van der Waals surface area contributed by atoms with Gasteiger partial charge in [0.1, 0.15) is 6.54 Å². The van der Waals surface area contributed by atoms with Crippen molar-refractivity contribution in [2.24, 2.45) is 5.73 Å². The summed E-state index contributed by atoms with van der Waals surface area (Å²) < 4.78 is 0. The highest BCUT2D eigenvalue weighted by molar-refractivity contribution is 5.89. The zero-order valence-electron chi connectivity index (χ0n) is 9.90. The molecule has 0 bridgehead atoms. The van der Waals surface area contributed by atoms with E-state index in [0.717, 1.165) is 12.8 Å². The monoisotopic (exact) mass is 228 g/mol. The second-order valence-corrected chi connectivity index (χ2v) is 4.59. The smallest absolute Gasteiger partial charge is 0.323 e. The summed E-state index contributed by atoms with van der Waals surface area (Å²) in [5.41, 5.74) is 5.12. The van der Waals surface area contributed by atoms with Crippen LogP contribution < -0.4 is 5.73 Å². The molecule has 1 rings (SSSR count). The Hall–Kier alpha value is -1.10. The third-order valence-corrected chi connectivity index (χ3v) is 3.36. The average Bonchev–Trinajstić information content (AvgIpc) is 2.20. The van der Waals surface area contributed by atoms with Gasteiger partial charge in [-0.05, 0) is 32.6 Å². The van der Waals surface area contributed by atoms with E-state index in [1.807, 2.05) is 13.8 Å². The van der Waals surface area contributed by atoms with E-state index in [1.54, 1.807) is 0 Å². The van der Waals surface area contributed by atoms with E-state index in [2.05, 4.69) is 0 Å². The molecule has 16 heavy (non-hydrogen) atoms. The number of rotatable bonds is 5. The zero-order chi connectivity index (χ0) is 12.3. The first-order valence-corrected chi connectivity index (χ1v) is 5.72. The third-order valence-electron chi connectivity index (χ3n) is 3.36. The third kappa shape index (κ3) is 2.52. The molecular weight excluding hydrogens is 208 g/mol. The van der Waals surface area contributed by atoms with E-state index < -0.39 is 11.5 Å². The molecule has 0 aromatic heterocycles. The van der Waals surface area contributed by atoms with Crippen LogP contribution >= 0.6 is 0 Å². The molecule has 1 amide bonds. The second-order valence-electron chi connectivity index (χ2n) is 4.59. The molecule has 92 valence electrons. The number of nitrogens with zero attached hydrogens (tertiary/aromatic N) is 1. The number of carbonyl (C=O) groups excluding carboxylic acids is 1. The summed E-state index contributed by atoms with van der Waals surface area (Å²) in [6.45, 7) is 3.52. The molecule has 0 aromatic carbocycles. The van der Waals surface area contributed by atoms with E-state index in [-0.39, 0.29) is 18.5 Å². The van der Waals surface area contributed by atoms with Crippen molar-refractivity contribution in [1.29, 1.82) is 0 Å². The van der Waals surface area contributed by atoms with Crippen molar-refractivity contribution in [3.63, 3.8) is 0 Å².